The molecular formula is C14H21NO2. The monoisotopic (exact) mass is 235 g/mol. The van der Waals surface area contributed by atoms with Gasteiger partial charge in [-0.1, -0.05) is 30.7 Å². The molecule has 94 valence electrons. The maximum absolute atomic E-state index is 11.0. The molecule has 1 atom stereocenters. The first-order valence-corrected chi connectivity index (χ1v) is 5.93. The summed E-state index contributed by atoms with van der Waals surface area (Å²) in [6, 6.07) is 6.16. The number of benzene rings is 1. The van der Waals surface area contributed by atoms with Crippen molar-refractivity contribution >= 4 is 5.97 Å². The number of carboxylic acids is 1. The van der Waals surface area contributed by atoms with Crippen molar-refractivity contribution in [3.8, 4) is 0 Å². The topological polar surface area (TPSA) is 49.3 Å². The van der Waals surface area contributed by atoms with Crippen LogP contribution >= 0.6 is 0 Å². The molecule has 0 heterocycles. The lowest BCUT2D eigenvalue weighted by atomic mass is 9.84. The highest BCUT2D eigenvalue weighted by molar-refractivity contribution is 5.69. The van der Waals surface area contributed by atoms with Gasteiger partial charge in [0, 0.05) is 0 Å². The van der Waals surface area contributed by atoms with Crippen molar-refractivity contribution < 1.29 is 9.90 Å². The number of aryl methyl sites for hydroxylation is 2. The quantitative estimate of drug-likeness (QED) is 0.824. The van der Waals surface area contributed by atoms with Crippen LogP contribution < -0.4 is 5.32 Å². The van der Waals surface area contributed by atoms with Gasteiger partial charge in [0.1, 0.15) is 0 Å². The summed E-state index contributed by atoms with van der Waals surface area (Å²) in [7, 11) is 0. The SMILES string of the molecule is CCNC(C)(CC(=O)O)c1cc(C)ccc1C. The van der Waals surface area contributed by atoms with E-state index >= 15 is 0 Å². The van der Waals surface area contributed by atoms with Crippen LogP contribution in [0.1, 0.15) is 37.0 Å². The van der Waals surface area contributed by atoms with Crippen LogP contribution in [0.4, 0.5) is 0 Å². The molecule has 0 aromatic heterocycles. The first kappa shape index (κ1) is 13.7. The maximum atomic E-state index is 11.0. The third-order valence-electron chi connectivity index (χ3n) is 3.06. The number of hydrogen-bond acceptors (Lipinski definition) is 2. The number of carboxylic acid groups (broad SMARTS) is 1. The smallest absolute Gasteiger partial charge is 0.305 e. The second kappa shape index (κ2) is 5.32. The molecule has 1 aromatic rings. The molecule has 2 N–H and O–H groups in total. The van der Waals surface area contributed by atoms with Crippen LogP contribution in [-0.4, -0.2) is 17.6 Å². The van der Waals surface area contributed by atoms with Crippen LogP contribution in [0.3, 0.4) is 0 Å². The number of rotatable bonds is 5. The van der Waals surface area contributed by atoms with Crippen molar-refractivity contribution in [2.45, 2.75) is 39.7 Å². The summed E-state index contributed by atoms with van der Waals surface area (Å²) >= 11 is 0. The standard InChI is InChI=1S/C14H21NO2/c1-5-15-14(4,9-13(16)17)12-8-10(2)6-7-11(12)3/h6-8,15H,5,9H2,1-4H3,(H,16,17). The van der Waals surface area contributed by atoms with Crippen LogP contribution in [-0.2, 0) is 10.3 Å². The van der Waals surface area contributed by atoms with Crippen molar-refractivity contribution in [3.05, 3.63) is 34.9 Å². The second-order valence-corrected chi connectivity index (χ2v) is 4.75. The fraction of sp³-hybridized carbons (Fsp3) is 0.500. The summed E-state index contributed by atoms with van der Waals surface area (Å²) in [5.41, 5.74) is 2.85. The van der Waals surface area contributed by atoms with Crippen molar-refractivity contribution in [1.82, 2.24) is 5.32 Å². The van der Waals surface area contributed by atoms with Crippen molar-refractivity contribution in [2.24, 2.45) is 0 Å². The Balaban J connectivity index is 3.20. The average molecular weight is 235 g/mol. The Kier molecular flexibility index (Phi) is 4.29. The summed E-state index contributed by atoms with van der Waals surface area (Å²) in [4.78, 5) is 11.0. The predicted octanol–water partition coefficient (Wildman–Crippen LogP) is 2.60. The van der Waals surface area contributed by atoms with Gasteiger partial charge in [0.25, 0.3) is 0 Å². The van der Waals surface area contributed by atoms with E-state index < -0.39 is 11.5 Å². The number of hydrogen-bond donors (Lipinski definition) is 2. The zero-order chi connectivity index (χ0) is 13.1. The summed E-state index contributed by atoms with van der Waals surface area (Å²) in [5, 5.41) is 12.4. The van der Waals surface area contributed by atoms with Gasteiger partial charge in [0.05, 0.1) is 12.0 Å². The Labute approximate surface area is 103 Å². The molecular weight excluding hydrogens is 214 g/mol. The Hall–Kier alpha value is -1.35. The highest BCUT2D eigenvalue weighted by Crippen LogP contribution is 2.28. The van der Waals surface area contributed by atoms with E-state index in [1.54, 1.807) is 0 Å². The lowest BCUT2D eigenvalue weighted by Crippen LogP contribution is -2.42. The summed E-state index contributed by atoms with van der Waals surface area (Å²) in [5.74, 6) is -0.783. The molecule has 1 rings (SSSR count). The van der Waals surface area contributed by atoms with Gasteiger partial charge in [-0.15, -0.1) is 0 Å². The molecule has 17 heavy (non-hydrogen) atoms. The molecule has 1 unspecified atom stereocenters. The predicted molar refractivity (Wildman–Crippen MR) is 69.2 cm³/mol. The molecule has 3 heteroatoms. The molecule has 0 aliphatic heterocycles. The van der Waals surface area contributed by atoms with Gasteiger partial charge in [-0.2, -0.15) is 0 Å². The Morgan fingerprint density at radius 1 is 1.41 bits per heavy atom. The lowest BCUT2D eigenvalue weighted by Gasteiger charge is -2.31. The van der Waals surface area contributed by atoms with E-state index in [4.69, 9.17) is 5.11 Å². The van der Waals surface area contributed by atoms with Crippen LogP contribution in [0.25, 0.3) is 0 Å². The fourth-order valence-corrected chi connectivity index (χ4v) is 2.28. The third-order valence-corrected chi connectivity index (χ3v) is 3.06. The normalized spacial score (nSPS) is 14.4. The minimum atomic E-state index is -0.783. The van der Waals surface area contributed by atoms with Gasteiger partial charge in [-0.25, -0.2) is 0 Å². The van der Waals surface area contributed by atoms with Crippen LogP contribution in [0, 0.1) is 13.8 Å². The van der Waals surface area contributed by atoms with Crippen molar-refractivity contribution in [1.29, 1.82) is 0 Å². The Bertz CT molecular complexity index is 415. The molecule has 0 amide bonds. The van der Waals surface area contributed by atoms with Gasteiger partial charge in [-0.3, -0.25) is 4.79 Å². The summed E-state index contributed by atoms with van der Waals surface area (Å²) in [6.07, 6.45) is 0.0884. The van der Waals surface area contributed by atoms with Crippen molar-refractivity contribution in [2.75, 3.05) is 6.54 Å². The Morgan fingerprint density at radius 2 is 2.06 bits per heavy atom. The van der Waals surface area contributed by atoms with Gasteiger partial charge >= 0.3 is 5.97 Å². The minimum absolute atomic E-state index is 0.0884. The molecule has 0 fully saturated rings. The van der Waals surface area contributed by atoms with Gasteiger partial charge in [0.15, 0.2) is 0 Å². The van der Waals surface area contributed by atoms with Crippen LogP contribution in [0.5, 0.6) is 0 Å². The average Bonchev–Trinajstić information content (AvgIpc) is 2.20. The second-order valence-electron chi connectivity index (χ2n) is 4.75. The molecule has 0 spiro atoms. The molecule has 0 aliphatic rings. The van der Waals surface area contributed by atoms with Crippen LogP contribution in [0.15, 0.2) is 18.2 Å². The van der Waals surface area contributed by atoms with E-state index in [-0.39, 0.29) is 6.42 Å². The molecule has 0 bridgehead atoms. The molecule has 1 aromatic carbocycles. The third kappa shape index (κ3) is 3.30. The van der Waals surface area contributed by atoms with Gasteiger partial charge < -0.3 is 10.4 Å². The summed E-state index contributed by atoms with van der Waals surface area (Å²) < 4.78 is 0. The van der Waals surface area contributed by atoms with E-state index in [0.29, 0.717) is 0 Å². The highest BCUT2D eigenvalue weighted by atomic mass is 16.4. The highest BCUT2D eigenvalue weighted by Gasteiger charge is 2.29. The molecule has 0 saturated heterocycles. The van der Waals surface area contributed by atoms with E-state index in [1.165, 1.54) is 0 Å². The fourth-order valence-electron chi connectivity index (χ4n) is 2.28. The minimum Gasteiger partial charge on any atom is -0.481 e. The van der Waals surface area contributed by atoms with E-state index in [2.05, 4.69) is 11.4 Å². The lowest BCUT2D eigenvalue weighted by molar-refractivity contribution is -0.138. The zero-order valence-electron chi connectivity index (χ0n) is 11.0. The van der Waals surface area contributed by atoms with Crippen molar-refractivity contribution in [3.63, 3.8) is 0 Å². The zero-order valence-corrected chi connectivity index (χ0v) is 11.0. The van der Waals surface area contributed by atoms with Crippen LogP contribution in [0.2, 0.25) is 0 Å². The largest absolute Gasteiger partial charge is 0.481 e. The molecule has 3 nitrogen and oxygen atoms in total. The molecule has 0 aliphatic carbocycles. The number of aliphatic carboxylic acids is 1. The van der Waals surface area contributed by atoms with Gasteiger partial charge in [-0.05, 0) is 38.4 Å². The molecule has 0 radical (unpaired) electrons. The summed E-state index contributed by atoms with van der Waals surface area (Å²) in [6.45, 7) is 8.73. The number of carbonyl (C=O) groups is 1. The first-order chi connectivity index (χ1) is 7.89. The Morgan fingerprint density at radius 3 is 2.59 bits per heavy atom. The van der Waals surface area contributed by atoms with E-state index in [9.17, 15) is 4.79 Å². The first-order valence-electron chi connectivity index (χ1n) is 5.93. The maximum Gasteiger partial charge on any atom is 0.305 e. The van der Waals surface area contributed by atoms with Gasteiger partial charge in [0.2, 0.25) is 0 Å². The molecule has 0 saturated carbocycles. The van der Waals surface area contributed by atoms with E-state index in [1.807, 2.05) is 39.8 Å². The number of nitrogens with one attached hydrogen (secondary N) is 1. The van der Waals surface area contributed by atoms with E-state index in [0.717, 1.165) is 23.2 Å².